The van der Waals surface area contributed by atoms with E-state index in [0.717, 1.165) is 18.3 Å². The lowest BCUT2D eigenvalue weighted by molar-refractivity contribution is 0.141. The summed E-state index contributed by atoms with van der Waals surface area (Å²) < 4.78 is 0. The quantitative estimate of drug-likeness (QED) is 0.833. The van der Waals surface area contributed by atoms with Gasteiger partial charge in [0.15, 0.2) is 0 Å². The molecule has 0 bridgehead atoms. The lowest BCUT2D eigenvalue weighted by atomic mass is 10.0. The van der Waals surface area contributed by atoms with Crippen LogP contribution in [0.5, 0.6) is 0 Å². The molecule has 15 heavy (non-hydrogen) atoms. The van der Waals surface area contributed by atoms with E-state index in [1.807, 2.05) is 0 Å². The van der Waals surface area contributed by atoms with Gasteiger partial charge in [-0.3, -0.25) is 0 Å². The second-order valence-electron chi connectivity index (χ2n) is 5.04. The highest BCUT2D eigenvalue weighted by Crippen LogP contribution is 2.57. The summed E-state index contributed by atoms with van der Waals surface area (Å²) >= 11 is 1.77. The van der Waals surface area contributed by atoms with Crippen LogP contribution in [-0.2, 0) is 6.42 Å². The summed E-state index contributed by atoms with van der Waals surface area (Å²) in [7, 11) is 0. The van der Waals surface area contributed by atoms with Crippen molar-refractivity contribution in [3.63, 3.8) is 0 Å². The van der Waals surface area contributed by atoms with Gasteiger partial charge in [-0.05, 0) is 42.0 Å². The van der Waals surface area contributed by atoms with Gasteiger partial charge in [-0.2, -0.15) is 0 Å². The maximum Gasteiger partial charge on any atom is 0.0622 e. The Morgan fingerprint density at radius 1 is 1.33 bits per heavy atom. The van der Waals surface area contributed by atoms with Crippen molar-refractivity contribution in [3.05, 3.63) is 22.4 Å². The fourth-order valence-corrected chi connectivity index (χ4v) is 4.15. The van der Waals surface area contributed by atoms with E-state index in [0.29, 0.717) is 5.92 Å². The van der Waals surface area contributed by atoms with E-state index < -0.39 is 0 Å². The summed E-state index contributed by atoms with van der Waals surface area (Å²) in [4.78, 5) is 1.34. The monoisotopic (exact) mass is 222 g/mol. The second-order valence-corrected chi connectivity index (χ2v) is 6.07. The normalized spacial score (nSPS) is 35.9. The fraction of sp³-hybridized carbons (Fsp3) is 0.692. The molecule has 2 aliphatic rings. The van der Waals surface area contributed by atoms with Crippen LogP contribution in [0.1, 0.15) is 30.6 Å². The van der Waals surface area contributed by atoms with Gasteiger partial charge in [-0.1, -0.05) is 18.9 Å². The smallest absolute Gasteiger partial charge is 0.0622 e. The predicted molar refractivity (Wildman–Crippen MR) is 63.0 cm³/mol. The molecule has 0 amide bonds. The molecule has 2 aliphatic carbocycles. The molecular formula is C13H18OS. The number of hydrogen-bond acceptors (Lipinski definition) is 2. The third-order valence-electron chi connectivity index (χ3n) is 4.16. The first kappa shape index (κ1) is 9.86. The van der Waals surface area contributed by atoms with Gasteiger partial charge in [0.2, 0.25) is 0 Å². The van der Waals surface area contributed by atoms with Crippen molar-refractivity contribution >= 4 is 11.3 Å². The molecule has 2 fully saturated rings. The zero-order chi connectivity index (χ0) is 10.3. The first-order chi connectivity index (χ1) is 7.36. The van der Waals surface area contributed by atoms with E-state index in [-0.39, 0.29) is 6.10 Å². The summed E-state index contributed by atoms with van der Waals surface area (Å²) in [5.74, 6) is 2.37. The maximum absolute atomic E-state index is 10.2. The summed E-state index contributed by atoms with van der Waals surface area (Å²) in [5.41, 5.74) is 0. The van der Waals surface area contributed by atoms with Gasteiger partial charge in [-0.15, -0.1) is 11.3 Å². The number of thiophene rings is 1. The molecule has 0 spiro atoms. The molecule has 3 atom stereocenters. The highest BCUT2D eigenvalue weighted by Gasteiger charge is 2.53. The van der Waals surface area contributed by atoms with Gasteiger partial charge in [0, 0.05) is 11.3 Å². The molecule has 1 nitrogen and oxygen atoms in total. The van der Waals surface area contributed by atoms with Crippen LogP contribution >= 0.6 is 11.3 Å². The van der Waals surface area contributed by atoms with Crippen molar-refractivity contribution in [1.82, 2.24) is 0 Å². The Bertz CT molecular complexity index is 307. The maximum atomic E-state index is 10.2. The predicted octanol–water partition coefficient (Wildman–Crippen LogP) is 3.09. The Hall–Kier alpha value is -0.340. The molecular weight excluding hydrogens is 204 g/mol. The Morgan fingerprint density at radius 2 is 2.07 bits per heavy atom. The molecule has 82 valence electrons. The minimum absolute atomic E-state index is 0.0725. The van der Waals surface area contributed by atoms with Gasteiger partial charge in [-0.25, -0.2) is 0 Å². The van der Waals surface area contributed by atoms with E-state index in [9.17, 15) is 5.11 Å². The van der Waals surface area contributed by atoms with Crippen LogP contribution in [0.25, 0.3) is 0 Å². The lowest BCUT2D eigenvalue weighted by Crippen LogP contribution is -2.14. The van der Waals surface area contributed by atoms with E-state index >= 15 is 0 Å². The van der Waals surface area contributed by atoms with Gasteiger partial charge in [0.25, 0.3) is 0 Å². The first-order valence-electron chi connectivity index (χ1n) is 6.06. The topological polar surface area (TPSA) is 20.2 Å². The van der Waals surface area contributed by atoms with Crippen LogP contribution < -0.4 is 0 Å². The Morgan fingerprint density at radius 3 is 2.67 bits per heavy atom. The van der Waals surface area contributed by atoms with Crippen molar-refractivity contribution in [1.29, 1.82) is 0 Å². The largest absolute Gasteiger partial charge is 0.392 e. The molecule has 1 aromatic rings. The standard InChI is InChI=1S/C13H18OS/c14-12(8-9-4-3-7-15-9)13-10-5-1-2-6-11(10)13/h3-4,7,10-14H,1-2,5-6,8H2. The Balaban J connectivity index is 1.59. The van der Waals surface area contributed by atoms with E-state index in [4.69, 9.17) is 0 Å². The van der Waals surface area contributed by atoms with Crippen molar-refractivity contribution < 1.29 is 5.11 Å². The lowest BCUT2D eigenvalue weighted by Gasteiger charge is -2.08. The number of aliphatic hydroxyl groups excluding tert-OH is 1. The third kappa shape index (κ3) is 1.85. The molecule has 2 heteroatoms. The van der Waals surface area contributed by atoms with Crippen LogP contribution in [0, 0.1) is 17.8 Å². The van der Waals surface area contributed by atoms with Gasteiger partial charge in [0.1, 0.15) is 0 Å². The van der Waals surface area contributed by atoms with E-state index in [2.05, 4.69) is 17.5 Å². The molecule has 3 unspecified atom stereocenters. The molecule has 0 saturated heterocycles. The molecule has 0 aromatic carbocycles. The average molecular weight is 222 g/mol. The van der Waals surface area contributed by atoms with Crippen LogP contribution in [0.15, 0.2) is 17.5 Å². The molecule has 2 saturated carbocycles. The Labute approximate surface area is 95.1 Å². The molecule has 1 N–H and O–H groups in total. The number of rotatable bonds is 3. The number of aliphatic hydroxyl groups is 1. The van der Waals surface area contributed by atoms with E-state index in [1.54, 1.807) is 11.3 Å². The third-order valence-corrected chi connectivity index (χ3v) is 5.06. The van der Waals surface area contributed by atoms with Crippen LogP contribution in [-0.4, -0.2) is 11.2 Å². The SMILES string of the molecule is OC(Cc1cccs1)C1C2CCCCC21. The summed E-state index contributed by atoms with van der Waals surface area (Å²) in [6.45, 7) is 0. The molecule has 0 radical (unpaired) electrons. The molecule has 3 rings (SSSR count). The van der Waals surface area contributed by atoms with E-state index in [1.165, 1.54) is 30.6 Å². The van der Waals surface area contributed by atoms with Crippen LogP contribution in [0.3, 0.4) is 0 Å². The molecule has 1 heterocycles. The minimum atomic E-state index is -0.0725. The molecule has 0 aliphatic heterocycles. The fourth-order valence-electron chi connectivity index (χ4n) is 3.39. The summed E-state index contributed by atoms with van der Waals surface area (Å²) in [5, 5.41) is 12.3. The van der Waals surface area contributed by atoms with Gasteiger partial charge in [0.05, 0.1) is 6.10 Å². The van der Waals surface area contributed by atoms with Crippen molar-refractivity contribution in [2.75, 3.05) is 0 Å². The summed E-state index contributed by atoms with van der Waals surface area (Å²) in [6, 6.07) is 4.21. The van der Waals surface area contributed by atoms with Crippen molar-refractivity contribution in [2.24, 2.45) is 17.8 Å². The average Bonchev–Trinajstić information content (AvgIpc) is 2.77. The van der Waals surface area contributed by atoms with Gasteiger partial charge >= 0.3 is 0 Å². The van der Waals surface area contributed by atoms with Crippen molar-refractivity contribution in [2.45, 2.75) is 38.2 Å². The number of hydrogen-bond donors (Lipinski definition) is 1. The Kier molecular flexibility index (Phi) is 2.57. The highest BCUT2D eigenvalue weighted by molar-refractivity contribution is 7.09. The minimum Gasteiger partial charge on any atom is -0.392 e. The van der Waals surface area contributed by atoms with Crippen LogP contribution in [0.2, 0.25) is 0 Å². The highest BCUT2D eigenvalue weighted by atomic mass is 32.1. The number of fused-ring (bicyclic) bond motifs is 1. The second kappa shape index (κ2) is 3.91. The summed E-state index contributed by atoms with van der Waals surface area (Å²) in [6.07, 6.45) is 6.34. The van der Waals surface area contributed by atoms with Gasteiger partial charge < -0.3 is 5.11 Å². The zero-order valence-corrected chi connectivity index (χ0v) is 9.75. The molecule has 1 aromatic heterocycles. The van der Waals surface area contributed by atoms with Crippen molar-refractivity contribution in [3.8, 4) is 0 Å². The zero-order valence-electron chi connectivity index (χ0n) is 8.93. The first-order valence-corrected chi connectivity index (χ1v) is 6.94. The van der Waals surface area contributed by atoms with Crippen LogP contribution in [0.4, 0.5) is 0 Å².